The molecule has 3 aromatic carbocycles. The molecule has 0 aromatic heterocycles. The third-order valence-corrected chi connectivity index (χ3v) is 3.55. The smallest absolute Gasteiger partial charge is 0.131 e. The number of hydrogen-bond donors (Lipinski definition) is 0. The predicted octanol–water partition coefficient (Wildman–Crippen LogP) is 5.41. The fourth-order valence-corrected chi connectivity index (χ4v) is 2.41. The lowest BCUT2D eigenvalue weighted by molar-refractivity contribution is 0.640. The van der Waals surface area contributed by atoms with E-state index in [9.17, 15) is 4.39 Å². The summed E-state index contributed by atoms with van der Waals surface area (Å²) in [7, 11) is 0. The van der Waals surface area contributed by atoms with Crippen LogP contribution < -0.4 is 0 Å². The van der Waals surface area contributed by atoms with Gasteiger partial charge < -0.3 is 0 Å². The molecular formula is C16H10BrF. The quantitative estimate of drug-likeness (QED) is 0.564. The zero-order valence-electron chi connectivity index (χ0n) is 9.53. The standard InChI is InChI=1S/C16H10BrF/c17-12-7-5-11(6-8-12)13-9-10-16(18)15-4-2-1-3-14(13)15/h1-10H. The fourth-order valence-electron chi connectivity index (χ4n) is 2.14. The summed E-state index contributed by atoms with van der Waals surface area (Å²) in [5.74, 6) is -0.175. The van der Waals surface area contributed by atoms with E-state index in [1.54, 1.807) is 0 Å². The molecule has 0 amide bonds. The van der Waals surface area contributed by atoms with Gasteiger partial charge in [-0.15, -0.1) is 0 Å². The van der Waals surface area contributed by atoms with E-state index >= 15 is 0 Å². The molecule has 3 aromatic rings. The minimum Gasteiger partial charge on any atom is -0.206 e. The number of rotatable bonds is 1. The Bertz CT molecular complexity index is 702. The van der Waals surface area contributed by atoms with Gasteiger partial charge >= 0.3 is 0 Å². The maximum absolute atomic E-state index is 13.7. The van der Waals surface area contributed by atoms with Crippen molar-refractivity contribution >= 4 is 26.7 Å². The number of fused-ring (bicyclic) bond motifs is 1. The van der Waals surface area contributed by atoms with Crippen LogP contribution >= 0.6 is 15.9 Å². The topological polar surface area (TPSA) is 0 Å². The Balaban J connectivity index is 2.30. The highest BCUT2D eigenvalue weighted by atomic mass is 79.9. The van der Waals surface area contributed by atoms with Crippen molar-refractivity contribution < 1.29 is 4.39 Å². The molecule has 0 N–H and O–H groups in total. The van der Waals surface area contributed by atoms with Crippen LogP contribution in [0.25, 0.3) is 21.9 Å². The molecule has 0 saturated carbocycles. The first kappa shape index (κ1) is 11.4. The van der Waals surface area contributed by atoms with Gasteiger partial charge in [0.1, 0.15) is 5.82 Å². The lowest BCUT2D eigenvalue weighted by atomic mass is 9.98. The van der Waals surface area contributed by atoms with Gasteiger partial charge in [-0.25, -0.2) is 4.39 Å². The van der Waals surface area contributed by atoms with E-state index in [4.69, 9.17) is 0 Å². The van der Waals surface area contributed by atoms with Gasteiger partial charge in [0.25, 0.3) is 0 Å². The van der Waals surface area contributed by atoms with Crippen molar-refractivity contribution in [3.63, 3.8) is 0 Å². The zero-order chi connectivity index (χ0) is 12.5. The SMILES string of the molecule is Fc1ccc(-c2ccc(Br)cc2)c2ccccc12. The summed E-state index contributed by atoms with van der Waals surface area (Å²) in [4.78, 5) is 0. The Morgan fingerprint density at radius 3 is 2.11 bits per heavy atom. The van der Waals surface area contributed by atoms with Crippen molar-refractivity contribution in [3.8, 4) is 11.1 Å². The Kier molecular flexibility index (Phi) is 2.88. The van der Waals surface area contributed by atoms with Crippen LogP contribution in [-0.4, -0.2) is 0 Å². The average Bonchev–Trinajstić information content (AvgIpc) is 2.41. The number of halogens is 2. The molecule has 0 nitrogen and oxygen atoms in total. The normalized spacial score (nSPS) is 10.8. The average molecular weight is 301 g/mol. The van der Waals surface area contributed by atoms with Crippen LogP contribution in [0.4, 0.5) is 4.39 Å². The van der Waals surface area contributed by atoms with Gasteiger partial charge in [-0.1, -0.05) is 58.4 Å². The molecule has 0 heterocycles. The van der Waals surface area contributed by atoms with Crippen molar-refractivity contribution in [2.24, 2.45) is 0 Å². The van der Waals surface area contributed by atoms with Gasteiger partial charge in [-0.3, -0.25) is 0 Å². The molecule has 0 unspecified atom stereocenters. The second-order valence-electron chi connectivity index (χ2n) is 4.15. The summed E-state index contributed by atoms with van der Waals surface area (Å²) in [6, 6.07) is 19.0. The first-order chi connectivity index (χ1) is 8.75. The Labute approximate surface area is 113 Å². The van der Waals surface area contributed by atoms with Crippen LogP contribution in [0.15, 0.2) is 65.1 Å². The number of hydrogen-bond acceptors (Lipinski definition) is 0. The Hall–Kier alpha value is -1.67. The van der Waals surface area contributed by atoms with Crippen LogP contribution in [0.5, 0.6) is 0 Å². The van der Waals surface area contributed by atoms with Crippen molar-refractivity contribution in [1.29, 1.82) is 0 Å². The van der Waals surface area contributed by atoms with Gasteiger partial charge in [0.05, 0.1) is 0 Å². The third-order valence-electron chi connectivity index (χ3n) is 3.03. The van der Waals surface area contributed by atoms with E-state index in [0.29, 0.717) is 5.39 Å². The second kappa shape index (κ2) is 4.54. The van der Waals surface area contributed by atoms with E-state index in [-0.39, 0.29) is 5.82 Å². The largest absolute Gasteiger partial charge is 0.206 e. The van der Waals surface area contributed by atoms with Crippen LogP contribution in [0.3, 0.4) is 0 Å². The lowest BCUT2D eigenvalue weighted by Gasteiger charge is -2.07. The van der Waals surface area contributed by atoms with Crippen LogP contribution in [0.2, 0.25) is 0 Å². The number of benzene rings is 3. The van der Waals surface area contributed by atoms with Gasteiger partial charge in [0.15, 0.2) is 0 Å². The van der Waals surface area contributed by atoms with Gasteiger partial charge in [-0.2, -0.15) is 0 Å². The summed E-state index contributed by atoms with van der Waals surface area (Å²) in [6.45, 7) is 0. The molecule has 0 fully saturated rings. The molecular weight excluding hydrogens is 291 g/mol. The molecule has 0 aliphatic carbocycles. The van der Waals surface area contributed by atoms with Gasteiger partial charge in [-0.05, 0) is 34.7 Å². The molecule has 88 valence electrons. The van der Waals surface area contributed by atoms with Crippen LogP contribution in [0.1, 0.15) is 0 Å². The van der Waals surface area contributed by atoms with Gasteiger partial charge in [0, 0.05) is 9.86 Å². The lowest BCUT2D eigenvalue weighted by Crippen LogP contribution is -1.84. The molecule has 2 heteroatoms. The molecule has 3 rings (SSSR count). The summed E-state index contributed by atoms with van der Waals surface area (Å²) >= 11 is 3.42. The Morgan fingerprint density at radius 2 is 1.39 bits per heavy atom. The van der Waals surface area contributed by atoms with Crippen molar-refractivity contribution in [2.45, 2.75) is 0 Å². The van der Waals surface area contributed by atoms with E-state index in [1.165, 1.54) is 6.07 Å². The molecule has 0 saturated heterocycles. The predicted molar refractivity (Wildman–Crippen MR) is 77.0 cm³/mol. The summed E-state index contributed by atoms with van der Waals surface area (Å²) in [6.07, 6.45) is 0. The minimum absolute atomic E-state index is 0.175. The molecule has 0 atom stereocenters. The zero-order valence-corrected chi connectivity index (χ0v) is 11.1. The second-order valence-corrected chi connectivity index (χ2v) is 5.06. The molecule has 0 radical (unpaired) electrons. The van der Waals surface area contributed by atoms with Gasteiger partial charge in [0.2, 0.25) is 0 Å². The van der Waals surface area contributed by atoms with Crippen molar-refractivity contribution in [3.05, 3.63) is 71.0 Å². The van der Waals surface area contributed by atoms with E-state index in [1.807, 2.05) is 54.6 Å². The highest BCUT2D eigenvalue weighted by molar-refractivity contribution is 9.10. The fraction of sp³-hybridized carbons (Fsp3) is 0. The van der Waals surface area contributed by atoms with E-state index in [0.717, 1.165) is 21.0 Å². The summed E-state index contributed by atoms with van der Waals surface area (Å²) in [5, 5.41) is 1.61. The summed E-state index contributed by atoms with van der Waals surface area (Å²) < 4.78 is 14.8. The summed E-state index contributed by atoms with van der Waals surface area (Å²) in [5.41, 5.74) is 2.15. The maximum Gasteiger partial charge on any atom is 0.131 e. The van der Waals surface area contributed by atoms with E-state index in [2.05, 4.69) is 15.9 Å². The first-order valence-corrected chi connectivity index (χ1v) is 6.48. The monoisotopic (exact) mass is 300 g/mol. The highest BCUT2D eigenvalue weighted by Gasteiger charge is 2.06. The molecule has 0 spiro atoms. The molecule has 0 aliphatic rings. The van der Waals surface area contributed by atoms with Crippen LogP contribution in [-0.2, 0) is 0 Å². The molecule has 18 heavy (non-hydrogen) atoms. The first-order valence-electron chi connectivity index (χ1n) is 5.69. The Morgan fingerprint density at radius 1 is 0.722 bits per heavy atom. The van der Waals surface area contributed by atoms with Crippen LogP contribution in [0, 0.1) is 5.82 Å². The third kappa shape index (κ3) is 1.93. The maximum atomic E-state index is 13.7. The van der Waals surface area contributed by atoms with E-state index < -0.39 is 0 Å². The minimum atomic E-state index is -0.175. The molecule has 0 aliphatic heterocycles. The molecule has 0 bridgehead atoms. The highest BCUT2D eigenvalue weighted by Crippen LogP contribution is 2.30. The van der Waals surface area contributed by atoms with Crippen molar-refractivity contribution in [1.82, 2.24) is 0 Å². The van der Waals surface area contributed by atoms with Crippen molar-refractivity contribution in [2.75, 3.05) is 0 Å².